The van der Waals surface area contributed by atoms with E-state index in [0.717, 1.165) is 0 Å². The van der Waals surface area contributed by atoms with Gasteiger partial charge in [-0.05, 0) is 26.3 Å². The molecular weight excluding hydrogens is 208 g/mol. The number of carbonyl (C=O) groups excluding carboxylic acids is 1. The lowest BCUT2D eigenvalue weighted by molar-refractivity contribution is -0.385. The Labute approximate surface area is 93.0 Å². The Bertz CT molecular complexity index is 474. The van der Waals surface area contributed by atoms with Crippen LogP contribution in [-0.4, -0.2) is 11.0 Å². The van der Waals surface area contributed by atoms with E-state index in [2.05, 4.69) is 4.99 Å². The lowest BCUT2D eigenvalue weighted by atomic mass is 9.93. The van der Waals surface area contributed by atoms with Crippen molar-refractivity contribution >= 4 is 11.8 Å². The molecule has 5 nitrogen and oxygen atoms in total. The summed E-state index contributed by atoms with van der Waals surface area (Å²) in [6.45, 7) is 5.07. The van der Waals surface area contributed by atoms with E-state index >= 15 is 0 Å². The predicted octanol–water partition coefficient (Wildman–Crippen LogP) is 2.47. The van der Waals surface area contributed by atoms with Crippen LogP contribution in [-0.2, 0) is 10.3 Å². The molecule has 0 aliphatic heterocycles. The molecule has 0 bridgehead atoms. The number of rotatable bonds is 3. The lowest BCUT2D eigenvalue weighted by Crippen LogP contribution is -2.13. The molecule has 1 aromatic rings. The molecule has 0 spiro atoms. The highest BCUT2D eigenvalue weighted by molar-refractivity contribution is 5.46. The Balaban J connectivity index is 3.32. The molecule has 16 heavy (non-hydrogen) atoms. The van der Waals surface area contributed by atoms with Crippen LogP contribution in [0.2, 0.25) is 0 Å². The second kappa shape index (κ2) is 4.24. The van der Waals surface area contributed by atoms with Crippen LogP contribution in [0.5, 0.6) is 0 Å². The molecule has 84 valence electrons. The lowest BCUT2D eigenvalue weighted by Gasteiger charge is -2.17. The molecule has 0 fully saturated rings. The molecule has 1 aromatic carbocycles. The second-order valence-corrected chi connectivity index (χ2v) is 4.02. The average Bonchev–Trinajstić information content (AvgIpc) is 2.17. The van der Waals surface area contributed by atoms with Crippen LogP contribution in [0.4, 0.5) is 5.69 Å². The minimum absolute atomic E-state index is 0.0340. The quantitative estimate of drug-likeness (QED) is 0.340. The molecule has 0 unspecified atom stereocenters. The molecule has 1 rings (SSSR count). The SMILES string of the molecule is Cc1ccc(C(C)(C)N=C=O)cc1[N+](=O)[O-]. The average molecular weight is 220 g/mol. The summed E-state index contributed by atoms with van der Waals surface area (Å²) in [5.41, 5.74) is 0.444. The minimum atomic E-state index is -0.791. The zero-order chi connectivity index (χ0) is 12.3. The summed E-state index contributed by atoms with van der Waals surface area (Å²) in [5.74, 6) is 0. The third-order valence-electron chi connectivity index (χ3n) is 2.44. The highest BCUT2D eigenvalue weighted by atomic mass is 16.6. The van der Waals surface area contributed by atoms with Crippen LogP contribution in [0, 0.1) is 17.0 Å². The van der Waals surface area contributed by atoms with Gasteiger partial charge in [0.1, 0.15) is 0 Å². The van der Waals surface area contributed by atoms with Crippen molar-refractivity contribution in [1.29, 1.82) is 0 Å². The van der Waals surface area contributed by atoms with Crippen molar-refractivity contribution in [2.45, 2.75) is 26.3 Å². The summed E-state index contributed by atoms with van der Waals surface area (Å²) in [4.78, 5) is 24.2. The van der Waals surface area contributed by atoms with E-state index in [1.807, 2.05) is 0 Å². The van der Waals surface area contributed by atoms with Gasteiger partial charge in [0.2, 0.25) is 6.08 Å². The molecule has 0 atom stereocenters. The highest BCUT2D eigenvalue weighted by Gasteiger charge is 2.22. The van der Waals surface area contributed by atoms with E-state index in [9.17, 15) is 14.9 Å². The van der Waals surface area contributed by atoms with E-state index in [1.54, 1.807) is 32.9 Å². The van der Waals surface area contributed by atoms with Crippen LogP contribution < -0.4 is 0 Å². The van der Waals surface area contributed by atoms with Crippen LogP contribution >= 0.6 is 0 Å². The highest BCUT2D eigenvalue weighted by Crippen LogP contribution is 2.29. The molecule has 0 amide bonds. The number of benzene rings is 1. The molecule has 5 heteroatoms. The van der Waals surface area contributed by atoms with Crippen LogP contribution in [0.1, 0.15) is 25.0 Å². The number of hydrogen-bond donors (Lipinski definition) is 0. The van der Waals surface area contributed by atoms with Crippen LogP contribution in [0.25, 0.3) is 0 Å². The van der Waals surface area contributed by atoms with Crippen LogP contribution in [0.15, 0.2) is 23.2 Å². The van der Waals surface area contributed by atoms with Crippen molar-refractivity contribution in [1.82, 2.24) is 0 Å². The zero-order valence-electron chi connectivity index (χ0n) is 9.35. The zero-order valence-corrected chi connectivity index (χ0v) is 9.35. The third-order valence-corrected chi connectivity index (χ3v) is 2.44. The molecular formula is C11H12N2O3. The predicted molar refractivity (Wildman–Crippen MR) is 59.0 cm³/mol. The number of nitrogens with zero attached hydrogens (tertiary/aromatic N) is 2. The van der Waals surface area contributed by atoms with Crippen molar-refractivity contribution in [3.63, 3.8) is 0 Å². The Morgan fingerprint density at radius 1 is 1.44 bits per heavy atom. The fourth-order valence-corrected chi connectivity index (χ4v) is 1.37. The monoisotopic (exact) mass is 220 g/mol. The standard InChI is InChI=1S/C11H12N2O3/c1-8-4-5-9(6-10(8)13(15)16)11(2,3)12-7-14/h4-6H,1-3H3. The van der Waals surface area contributed by atoms with Gasteiger partial charge in [-0.25, -0.2) is 4.79 Å². The maximum absolute atomic E-state index is 10.8. The summed E-state index contributed by atoms with van der Waals surface area (Å²) in [6.07, 6.45) is 1.47. The van der Waals surface area contributed by atoms with E-state index in [1.165, 1.54) is 12.1 Å². The van der Waals surface area contributed by atoms with Gasteiger partial charge in [0, 0.05) is 11.6 Å². The van der Waals surface area contributed by atoms with Gasteiger partial charge < -0.3 is 0 Å². The molecule has 0 N–H and O–H groups in total. The van der Waals surface area contributed by atoms with Crippen molar-refractivity contribution < 1.29 is 9.72 Å². The number of aliphatic imine (C=N–C) groups is 1. The van der Waals surface area contributed by atoms with Gasteiger partial charge in [-0.3, -0.25) is 10.1 Å². The largest absolute Gasteiger partial charge is 0.272 e. The summed E-state index contributed by atoms with van der Waals surface area (Å²) < 4.78 is 0. The topological polar surface area (TPSA) is 72.6 Å². The molecule has 0 saturated carbocycles. The fraction of sp³-hybridized carbons (Fsp3) is 0.364. The molecule has 0 radical (unpaired) electrons. The smallest absolute Gasteiger partial charge is 0.258 e. The van der Waals surface area contributed by atoms with Crippen LogP contribution in [0.3, 0.4) is 0 Å². The van der Waals surface area contributed by atoms with Gasteiger partial charge in [-0.2, -0.15) is 4.99 Å². The molecule has 0 aliphatic carbocycles. The number of isocyanates is 1. The summed E-state index contributed by atoms with van der Waals surface area (Å²) >= 11 is 0. The first kappa shape index (κ1) is 12.1. The fourth-order valence-electron chi connectivity index (χ4n) is 1.37. The third kappa shape index (κ3) is 2.32. The molecule has 0 aromatic heterocycles. The Hall–Kier alpha value is -2.00. The number of aryl methyl sites for hydroxylation is 1. The van der Waals surface area contributed by atoms with Gasteiger partial charge in [0.15, 0.2) is 0 Å². The first-order valence-corrected chi connectivity index (χ1v) is 4.73. The molecule has 0 saturated heterocycles. The van der Waals surface area contributed by atoms with Gasteiger partial charge in [-0.1, -0.05) is 12.1 Å². The van der Waals surface area contributed by atoms with Gasteiger partial charge in [0.05, 0.1) is 10.5 Å². The number of nitro groups is 1. The van der Waals surface area contributed by atoms with E-state index < -0.39 is 10.5 Å². The Morgan fingerprint density at radius 3 is 2.56 bits per heavy atom. The van der Waals surface area contributed by atoms with Crippen molar-refractivity contribution in [3.8, 4) is 0 Å². The van der Waals surface area contributed by atoms with E-state index in [0.29, 0.717) is 11.1 Å². The Morgan fingerprint density at radius 2 is 2.06 bits per heavy atom. The number of nitro benzene ring substituents is 1. The normalized spacial score (nSPS) is 10.7. The van der Waals surface area contributed by atoms with Crippen molar-refractivity contribution in [2.75, 3.05) is 0 Å². The summed E-state index contributed by atoms with van der Waals surface area (Å²) in [7, 11) is 0. The van der Waals surface area contributed by atoms with Crippen molar-refractivity contribution in [2.24, 2.45) is 4.99 Å². The van der Waals surface area contributed by atoms with E-state index in [4.69, 9.17) is 0 Å². The maximum Gasteiger partial charge on any atom is 0.272 e. The Kier molecular flexibility index (Phi) is 3.20. The molecule has 0 aliphatic rings. The van der Waals surface area contributed by atoms with Gasteiger partial charge in [-0.15, -0.1) is 0 Å². The maximum atomic E-state index is 10.8. The molecule has 0 heterocycles. The first-order valence-electron chi connectivity index (χ1n) is 4.73. The van der Waals surface area contributed by atoms with Crippen molar-refractivity contribution in [3.05, 3.63) is 39.4 Å². The van der Waals surface area contributed by atoms with Gasteiger partial charge in [0.25, 0.3) is 5.69 Å². The minimum Gasteiger partial charge on any atom is -0.258 e. The van der Waals surface area contributed by atoms with E-state index in [-0.39, 0.29) is 5.69 Å². The van der Waals surface area contributed by atoms with Gasteiger partial charge >= 0.3 is 0 Å². The summed E-state index contributed by atoms with van der Waals surface area (Å²) in [6, 6.07) is 4.81. The first-order chi connectivity index (χ1) is 7.38. The second-order valence-electron chi connectivity index (χ2n) is 4.02. The number of hydrogen-bond acceptors (Lipinski definition) is 4. The summed E-state index contributed by atoms with van der Waals surface area (Å²) in [5, 5.41) is 10.8.